The molecule has 0 spiro atoms. The average Bonchev–Trinajstić information content (AvgIpc) is 1.44. The van der Waals surface area contributed by atoms with Gasteiger partial charge >= 0.3 is 21.7 Å². The average molecular weight is 1680 g/mol. The van der Waals surface area contributed by atoms with E-state index in [9.17, 15) is 0 Å². The van der Waals surface area contributed by atoms with Gasteiger partial charge in [0.05, 0.1) is 38.1 Å². The third-order valence-electron chi connectivity index (χ3n) is 35.0. The summed E-state index contributed by atoms with van der Waals surface area (Å²) >= 11 is 0. The van der Waals surface area contributed by atoms with Crippen molar-refractivity contribution in [2.45, 2.75) is 385 Å². The summed E-state index contributed by atoms with van der Waals surface area (Å²) in [5.74, 6) is 2.91. The molecule has 0 N–H and O–H groups in total. The SMILES string of the molecule is CC1CCCCCCCC(C)([N-]C2C=CC=C2)C(C)(C)C1(C)[SiH2]c1ccccc1.CC1CCCCCCCC(C)([N-]C2C=CC=C2)C(C)(C)C1(C)[SiH2]c1ccccc1.CC1CCCCCCCC(C)([N-]C2C=CC=C2)C(C)(C)C1(C)[SiH2]c1ccccc1.CC1CCCCCCCC(C)([N-]C2C=CC=C2)C(C)(C)C1(C)[SiH2]c1ccccc1.[Ti+4]. The van der Waals surface area contributed by atoms with Crippen molar-refractivity contribution in [2.24, 2.45) is 45.3 Å². The van der Waals surface area contributed by atoms with Crippen LogP contribution < -0.4 is 20.7 Å². The van der Waals surface area contributed by atoms with Crippen LogP contribution in [0.3, 0.4) is 0 Å². The van der Waals surface area contributed by atoms with Crippen LogP contribution in [0.2, 0.25) is 20.2 Å². The van der Waals surface area contributed by atoms with Crippen molar-refractivity contribution in [3.8, 4) is 0 Å². The normalized spacial score (nSPS) is 33.6. The van der Waals surface area contributed by atoms with Crippen LogP contribution in [-0.4, -0.2) is 84.4 Å². The number of rotatable bonds is 16. The van der Waals surface area contributed by atoms with Crippen molar-refractivity contribution in [3.63, 3.8) is 0 Å². The third-order valence-corrected chi connectivity index (χ3v) is 47.7. The number of hydrogen-bond donors (Lipinski definition) is 0. The van der Waals surface area contributed by atoms with E-state index in [1.54, 1.807) is 20.7 Å². The molecule has 0 amide bonds. The Morgan fingerprint density at radius 3 is 0.547 bits per heavy atom. The van der Waals surface area contributed by atoms with Gasteiger partial charge in [-0.25, -0.2) is 0 Å². The summed E-state index contributed by atoms with van der Waals surface area (Å²) in [7, 11) is -1.91. The van der Waals surface area contributed by atoms with Crippen LogP contribution in [0.15, 0.2) is 219 Å². The second-order valence-corrected chi connectivity index (χ2v) is 52.9. The summed E-state index contributed by atoms with van der Waals surface area (Å²) < 4.78 is 0. The molecule has 640 valence electrons. The molecule has 0 saturated heterocycles. The maximum Gasteiger partial charge on any atom is 4.00 e. The van der Waals surface area contributed by atoms with Crippen molar-refractivity contribution >= 4 is 58.8 Å². The van der Waals surface area contributed by atoms with Crippen LogP contribution in [0.5, 0.6) is 0 Å². The molecule has 8 aliphatic carbocycles. The van der Waals surface area contributed by atoms with E-state index < -0.39 is 38.1 Å². The molecule has 12 rings (SSSR count). The molecule has 4 nitrogen and oxygen atoms in total. The Kier molecular flexibility index (Phi) is 37.7. The van der Waals surface area contributed by atoms with Gasteiger partial charge in [0.2, 0.25) is 0 Å². The summed E-state index contributed by atoms with van der Waals surface area (Å²) in [4.78, 5) is 0. The molecule has 12 unspecified atom stereocenters. The molecule has 8 aliphatic rings. The Morgan fingerprint density at radius 1 is 0.222 bits per heavy atom. The predicted molar refractivity (Wildman–Crippen MR) is 528 cm³/mol. The second kappa shape index (κ2) is 44.7. The van der Waals surface area contributed by atoms with E-state index in [-0.39, 0.29) is 89.7 Å². The number of allylic oxidation sites excluding steroid dienone is 8. The monoisotopic (exact) mass is 1680 g/mol. The minimum atomic E-state index is -0.477. The fraction of sp³-hybridized carbons (Fsp3) is 0.630. The Bertz CT molecular complexity index is 3280. The van der Waals surface area contributed by atoms with Crippen LogP contribution >= 0.6 is 0 Å². The molecule has 0 aliphatic heterocycles. The van der Waals surface area contributed by atoms with E-state index in [1.165, 1.54) is 180 Å². The molecule has 4 fully saturated rings. The van der Waals surface area contributed by atoms with E-state index in [1.807, 2.05) is 0 Å². The number of nitrogens with zero attached hydrogens (tertiary/aromatic N) is 4. The van der Waals surface area contributed by atoms with Crippen LogP contribution in [-0.2, 0) is 21.7 Å². The molecule has 117 heavy (non-hydrogen) atoms. The smallest absolute Gasteiger partial charge is 0.647 e. The molecule has 0 bridgehead atoms. The van der Waals surface area contributed by atoms with Gasteiger partial charge in [0.15, 0.2) is 0 Å². The van der Waals surface area contributed by atoms with Crippen LogP contribution in [0, 0.1) is 45.3 Å². The quantitative estimate of drug-likeness (QED) is 0.100. The first-order valence-electron chi connectivity index (χ1n) is 47.6. The molecule has 4 saturated carbocycles. The minimum Gasteiger partial charge on any atom is -0.647 e. The summed E-state index contributed by atoms with van der Waals surface area (Å²) in [5, 5.41) is 29.9. The number of benzene rings is 4. The van der Waals surface area contributed by atoms with E-state index in [4.69, 9.17) is 21.3 Å². The van der Waals surface area contributed by atoms with Gasteiger partial charge in [0, 0.05) is 0 Å². The summed E-state index contributed by atoms with van der Waals surface area (Å²) in [6, 6.07) is 46.5. The van der Waals surface area contributed by atoms with Crippen molar-refractivity contribution in [3.05, 3.63) is 240 Å². The zero-order valence-corrected chi connectivity index (χ0v) is 85.5. The van der Waals surface area contributed by atoms with E-state index in [0.29, 0.717) is 20.2 Å². The number of hydrogen-bond acceptors (Lipinski definition) is 0. The molecule has 0 heterocycles. The topological polar surface area (TPSA) is 56.4 Å². The van der Waals surface area contributed by atoms with Crippen molar-refractivity contribution in [1.29, 1.82) is 0 Å². The van der Waals surface area contributed by atoms with E-state index in [0.717, 1.165) is 23.7 Å². The van der Waals surface area contributed by atoms with Crippen molar-refractivity contribution in [2.75, 3.05) is 0 Å². The first kappa shape index (κ1) is 98.7. The van der Waals surface area contributed by atoms with Gasteiger partial charge in [-0.1, -0.05) is 582 Å². The first-order chi connectivity index (χ1) is 55.1. The van der Waals surface area contributed by atoms with Crippen LogP contribution in [0.25, 0.3) is 21.3 Å². The van der Waals surface area contributed by atoms with Crippen molar-refractivity contribution < 1.29 is 21.7 Å². The molecular formula is C108H168N4Si4Ti. The van der Waals surface area contributed by atoms with Gasteiger partial charge < -0.3 is 21.3 Å². The second-order valence-electron chi connectivity index (χ2n) is 42.3. The van der Waals surface area contributed by atoms with Crippen LogP contribution in [0.1, 0.15) is 318 Å². The molecule has 4 aromatic carbocycles. The Morgan fingerprint density at radius 2 is 0.376 bits per heavy atom. The van der Waals surface area contributed by atoms with Gasteiger partial charge in [0.25, 0.3) is 0 Å². The maximum atomic E-state index is 5.54. The molecule has 12 atom stereocenters. The Hall–Kier alpha value is -3.78. The molecule has 0 radical (unpaired) electrons. The standard InChI is InChI=1S/4C27H42NSi.Ti/c4*1-22-16-10-7-6-8-15-21-26(4,28-23-17-13-14-18-23)25(2,3)27(22,5)29-24-19-11-9-12-20-24;/h4*9,11-14,17-20,22-23H,6-8,10,15-16,21,29H2,1-5H3;/q4*-1;+4. The summed E-state index contributed by atoms with van der Waals surface area (Å²) in [6.07, 6.45) is 73.1. The Balaban J connectivity index is 0.000000194. The van der Waals surface area contributed by atoms with Gasteiger partial charge in [-0.15, -0.1) is 22.2 Å². The fourth-order valence-electron chi connectivity index (χ4n) is 23.2. The fourth-order valence-corrected chi connectivity index (χ4v) is 34.1. The van der Waals surface area contributed by atoms with Gasteiger partial charge in [0.1, 0.15) is 0 Å². The maximum absolute atomic E-state index is 5.54. The van der Waals surface area contributed by atoms with E-state index in [2.05, 4.69) is 357 Å². The zero-order valence-electron chi connectivity index (χ0n) is 78.3. The third kappa shape index (κ3) is 24.4. The van der Waals surface area contributed by atoms with Gasteiger partial charge in [-0.05, 0) is 65.5 Å². The summed E-state index contributed by atoms with van der Waals surface area (Å²) in [5.41, 5.74) is 0.563. The van der Waals surface area contributed by atoms with E-state index >= 15 is 0 Å². The molecule has 9 heteroatoms. The summed E-state index contributed by atoms with van der Waals surface area (Å²) in [6.45, 7) is 51.1. The van der Waals surface area contributed by atoms with Gasteiger partial charge in [-0.3, -0.25) is 0 Å². The van der Waals surface area contributed by atoms with Crippen LogP contribution in [0.4, 0.5) is 0 Å². The molecule has 4 aromatic rings. The van der Waals surface area contributed by atoms with Gasteiger partial charge in [-0.2, -0.15) is 0 Å². The molecule has 0 aromatic heterocycles. The Labute approximate surface area is 744 Å². The zero-order chi connectivity index (χ0) is 83.8. The van der Waals surface area contributed by atoms with Crippen molar-refractivity contribution in [1.82, 2.24) is 0 Å². The minimum absolute atomic E-state index is 0. The largest absolute Gasteiger partial charge is 4.00 e. The molecular weight excluding hydrogens is 1510 g/mol. The predicted octanol–water partition coefficient (Wildman–Crippen LogP) is 26.8. The first-order valence-corrected chi connectivity index (χ1v) is 53.2.